The molecular weight excluding hydrogens is 310 g/mol. The first-order valence-electron chi connectivity index (χ1n) is 8.24. The molecule has 0 radical (unpaired) electrons. The van der Waals surface area contributed by atoms with Crippen LogP contribution < -0.4 is 11.1 Å². The van der Waals surface area contributed by atoms with E-state index in [-0.39, 0.29) is 5.41 Å². The molecule has 1 aliphatic rings. The van der Waals surface area contributed by atoms with Gasteiger partial charge in [0.15, 0.2) is 5.96 Å². The number of nitrogens with zero attached hydrogens (tertiary/aromatic N) is 3. The van der Waals surface area contributed by atoms with Crippen molar-refractivity contribution in [3.8, 4) is 0 Å². The smallest absolute Gasteiger partial charge is 0.188 e. The van der Waals surface area contributed by atoms with Gasteiger partial charge in [0, 0.05) is 30.4 Å². The summed E-state index contributed by atoms with van der Waals surface area (Å²) in [5.74, 6) is 0.497. The molecule has 0 aromatic carbocycles. The van der Waals surface area contributed by atoms with Crippen LogP contribution in [-0.4, -0.2) is 55.2 Å². The molecule has 2 heterocycles. The molecule has 6 nitrogen and oxygen atoms in total. The summed E-state index contributed by atoms with van der Waals surface area (Å²) in [5.41, 5.74) is 6.99. The predicted octanol–water partition coefficient (Wildman–Crippen LogP) is 1.57. The lowest BCUT2D eigenvalue weighted by Gasteiger charge is -2.26. The Balaban J connectivity index is 1.65. The van der Waals surface area contributed by atoms with Crippen molar-refractivity contribution in [3.63, 3.8) is 0 Å². The summed E-state index contributed by atoms with van der Waals surface area (Å²) in [6.07, 6.45) is 1.06. The number of aromatic nitrogens is 1. The van der Waals surface area contributed by atoms with Gasteiger partial charge in [-0.1, -0.05) is 20.8 Å². The van der Waals surface area contributed by atoms with Crippen molar-refractivity contribution in [2.75, 3.05) is 39.4 Å². The minimum Gasteiger partial charge on any atom is -0.379 e. The Labute approximate surface area is 143 Å². The molecule has 1 aromatic heterocycles. The van der Waals surface area contributed by atoms with Crippen LogP contribution in [0.5, 0.6) is 0 Å². The van der Waals surface area contributed by atoms with Crippen LogP contribution in [0.1, 0.15) is 37.9 Å². The lowest BCUT2D eigenvalue weighted by atomic mass is 9.98. The summed E-state index contributed by atoms with van der Waals surface area (Å²) in [5, 5.41) is 6.38. The zero-order valence-corrected chi connectivity index (χ0v) is 15.3. The Kier molecular flexibility index (Phi) is 6.80. The molecule has 1 saturated heterocycles. The molecule has 130 valence electrons. The number of guanidine groups is 1. The molecule has 7 heteroatoms. The monoisotopic (exact) mass is 339 g/mol. The van der Waals surface area contributed by atoms with E-state index in [4.69, 9.17) is 10.5 Å². The fourth-order valence-electron chi connectivity index (χ4n) is 2.29. The summed E-state index contributed by atoms with van der Waals surface area (Å²) in [6, 6.07) is 0. The molecule has 0 aliphatic carbocycles. The Morgan fingerprint density at radius 3 is 2.83 bits per heavy atom. The van der Waals surface area contributed by atoms with Crippen LogP contribution in [0.3, 0.4) is 0 Å². The second-order valence-corrected chi connectivity index (χ2v) is 7.69. The highest BCUT2D eigenvalue weighted by Crippen LogP contribution is 2.25. The van der Waals surface area contributed by atoms with Gasteiger partial charge < -0.3 is 15.8 Å². The van der Waals surface area contributed by atoms with E-state index < -0.39 is 0 Å². The number of nitrogens with one attached hydrogen (secondary N) is 1. The van der Waals surface area contributed by atoms with Crippen molar-refractivity contribution in [3.05, 3.63) is 16.1 Å². The number of aliphatic imine (C=N–C) groups is 1. The van der Waals surface area contributed by atoms with E-state index in [0.717, 1.165) is 56.5 Å². The number of nitrogens with two attached hydrogens (primary N) is 1. The van der Waals surface area contributed by atoms with Gasteiger partial charge in [-0.25, -0.2) is 9.98 Å². The summed E-state index contributed by atoms with van der Waals surface area (Å²) < 4.78 is 5.34. The van der Waals surface area contributed by atoms with Crippen molar-refractivity contribution < 1.29 is 4.74 Å². The van der Waals surface area contributed by atoms with E-state index in [0.29, 0.717) is 12.5 Å². The molecule has 0 atom stereocenters. The zero-order chi connectivity index (χ0) is 16.7. The SMILES string of the molecule is CC(C)(C)c1nc(CN=C(N)NCCCN2CCOCC2)cs1. The standard InChI is InChI=1S/C16H29N5OS/c1-16(2,3)14-20-13(12-23-14)11-19-15(17)18-5-4-6-21-7-9-22-10-8-21/h12H,4-11H2,1-3H3,(H3,17,18,19). The van der Waals surface area contributed by atoms with Crippen LogP contribution in [0.4, 0.5) is 0 Å². The molecule has 23 heavy (non-hydrogen) atoms. The van der Waals surface area contributed by atoms with Gasteiger partial charge in [0.05, 0.1) is 30.5 Å². The van der Waals surface area contributed by atoms with Crippen LogP contribution >= 0.6 is 11.3 Å². The molecule has 1 fully saturated rings. The average Bonchev–Trinajstić information content (AvgIpc) is 3.00. The third-order valence-corrected chi connectivity index (χ3v) is 4.98. The molecule has 1 aliphatic heterocycles. The van der Waals surface area contributed by atoms with Gasteiger partial charge in [-0.2, -0.15) is 0 Å². The molecule has 0 spiro atoms. The summed E-state index contributed by atoms with van der Waals surface area (Å²) in [7, 11) is 0. The highest BCUT2D eigenvalue weighted by atomic mass is 32.1. The maximum atomic E-state index is 5.91. The number of hydrogen-bond donors (Lipinski definition) is 2. The maximum Gasteiger partial charge on any atom is 0.188 e. The third kappa shape index (κ3) is 6.45. The van der Waals surface area contributed by atoms with Crippen molar-refractivity contribution in [1.29, 1.82) is 0 Å². The lowest BCUT2D eigenvalue weighted by molar-refractivity contribution is 0.0376. The van der Waals surface area contributed by atoms with E-state index in [1.165, 1.54) is 0 Å². The van der Waals surface area contributed by atoms with Gasteiger partial charge in [0.2, 0.25) is 0 Å². The molecule has 1 aromatic rings. The van der Waals surface area contributed by atoms with Crippen LogP contribution in [-0.2, 0) is 16.7 Å². The number of morpholine rings is 1. The second kappa shape index (κ2) is 8.61. The number of ether oxygens (including phenoxy) is 1. The normalized spacial score (nSPS) is 17.4. The first kappa shape index (κ1) is 18.2. The molecular formula is C16H29N5OS. The molecule has 3 N–H and O–H groups in total. The van der Waals surface area contributed by atoms with E-state index in [1.807, 2.05) is 0 Å². The topological polar surface area (TPSA) is 75.8 Å². The van der Waals surface area contributed by atoms with E-state index in [2.05, 4.69) is 46.3 Å². The van der Waals surface area contributed by atoms with E-state index >= 15 is 0 Å². The van der Waals surface area contributed by atoms with Gasteiger partial charge in [-0.15, -0.1) is 11.3 Å². The van der Waals surface area contributed by atoms with Gasteiger partial charge in [-0.05, 0) is 13.0 Å². The fraction of sp³-hybridized carbons (Fsp3) is 0.750. The van der Waals surface area contributed by atoms with E-state index in [9.17, 15) is 0 Å². The minimum atomic E-state index is 0.0932. The van der Waals surface area contributed by atoms with Crippen molar-refractivity contribution in [2.24, 2.45) is 10.7 Å². The van der Waals surface area contributed by atoms with Gasteiger partial charge >= 0.3 is 0 Å². The Morgan fingerprint density at radius 1 is 1.43 bits per heavy atom. The minimum absolute atomic E-state index is 0.0932. The Morgan fingerprint density at radius 2 is 2.17 bits per heavy atom. The summed E-state index contributed by atoms with van der Waals surface area (Å²) >= 11 is 1.69. The first-order valence-corrected chi connectivity index (χ1v) is 9.12. The second-order valence-electron chi connectivity index (χ2n) is 6.83. The highest BCUT2D eigenvalue weighted by molar-refractivity contribution is 7.09. The van der Waals surface area contributed by atoms with Gasteiger partial charge in [-0.3, -0.25) is 4.90 Å². The maximum absolute atomic E-state index is 5.91. The summed E-state index contributed by atoms with van der Waals surface area (Å²) in [4.78, 5) is 11.4. The van der Waals surface area contributed by atoms with Crippen molar-refractivity contribution >= 4 is 17.3 Å². The Hall–Kier alpha value is -1.18. The average molecular weight is 340 g/mol. The fourth-order valence-corrected chi connectivity index (χ4v) is 3.19. The molecule has 0 amide bonds. The summed E-state index contributed by atoms with van der Waals surface area (Å²) in [6.45, 7) is 12.7. The molecule has 2 rings (SSSR count). The highest BCUT2D eigenvalue weighted by Gasteiger charge is 2.17. The third-order valence-electron chi connectivity index (χ3n) is 3.67. The zero-order valence-electron chi connectivity index (χ0n) is 14.5. The largest absolute Gasteiger partial charge is 0.379 e. The van der Waals surface area contributed by atoms with Gasteiger partial charge in [0.1, 0.15) is 0 Å². The van der Waals surface area contributed by atoms with Gasteiger partial charge in [0.25, 0.3) is 0 Å². The predicted molar refractivity (Wildman–Crippen MR) is 96.0 cm³/mol. The van der Waals surface area contributed by atoms with Crippen LogP contribution in [0, 0.1) is 0 Å². The van der Waals surface area contributed by atoms with E-state index in [1.54, 1.807) is 11.3 Å². The van der Waals surface area contributed by atoms with Crippen molar-refractivity contribution in [1.82, 2.24) is 15.2 Å². The van der Waals surface area contributed by atoms with Crippen molar-refractivity contribution in [2.45, 2.75) is 39.2 Å². The number of thiazole rings is 1. The van der Waals surface area contributed by atoms with Crippen LogP contribution in [0.15, 0.2) is 10.4 Å². The first-order chi connectivity index (χ1) is 10.9. The molecule has 0 saturated carbocycles. The number of hydrogen-bond acceptors (Lipinski definition) is 5. The van der Waals surface area contributed by atoms with Crippen LogP contribution in [0.25, 0.3) is 0 Å². The lowest BCUT2D eigenvalue weighted by Crippen LogP contribution is -2.39. The quantitative estimate of drug-likeness (QED) is 0.467. The molecule has 0 unspecified atom stereocenters. The molecule has 0 bridgehead atoms. The number of rotatable bonds is 6. The van der Waals surface area contributed by atoms with Crippen LogP contribution in [0.2, 0.25) is 0 Å². The Bertz CT molecular complexity index is 503.